The minimum absolute atomic E-state index is 1.10. The molecule has 4 aromatic carbocycles. The maximum atomic E-state index is 2.64. The van der Waals surface area contributed by atoms with Crippen molar-refractivity contribution >= 4 is 64.1 Å². The van der Waals surface area contributed by atoms with Gasteiger partial charge in [0.15, 0.2) is 0 Å². The Morgan fingerprint density at radius 2 is 0.812 bits per heavy atom. The van der Waals surface area contributed by atoms with E-state index in [-0.39, 0.29) is 0 Å². The van der Waals surface area contributed by atoms with Crippen molar-refractivity contribution < 1.29 is 0 Å². The Kier molecular flexibility index (Phi) is 13.7. The zero-order valence-corrected chi connectivity index (χ0v) is 30.9. The first-order chi connectivity index (χ1) is 23.9. The summed E-state index contributed by atoms with van der Waals surface area (Å²) in [6.07, 6.45) is 31.5. The van der Waals surface area contributed by atoms with Gasteiger partial charge in [0, 0.05) is 53.8 Å². The predicted molar refractivity (Wildman–Crippen MR) is 217 cm³/mol. The number of rotatable bonds is 23. The van der Waals surface area contributed by atoms with Crippen molar-refractivity contribution in [3.63, 3.8) is 0 Å². The van der Waals surface area contributed by atoms with Crippen molar-refractivity contribution in [3.05, 3.63) is 72.8 Å². The zero-order valence-electron chi connectivity index (χ0n) is 30.0. The molecule has 0 bridgehead atoms. The lowest BCUT2D eigenvalue weighted by atomic mass is 10.0. The van der Waals surface area contributed by atoms with Crippen molar-refractivity contribution in [1.29, 1.82) is 0 Å². The highest BCUT2D eigenvalue weighted by Gasteiger charge is 2.16. The first kappa shape index (κ1) is 35.0. The van der Waals surface area contributed by atoms with E-state index in [9.17, 15) is 0 Å². The summed E-state index contributed by atoms with van der Waals surface area (Å²) >= 11 is 1.95. The number of hydrogen-bond donors (Lipinski definition) is 0. The Bertz CT molecular complexity index is 1840. The molecule has 2 heteroatoms. The molecule has 0 N–H and O–H groups in total. The number of hydrogen-bond acceptors (Lipinski definition) is 1. The Labute approximate surface area is 295 Å². The first-order valence-corrected chi connectivity index (χ1v) is 20.9. The molecule has 0 aliphatic heterocycles. The van der Waals surface area contributed by atoms with Crippen molar-refractivity contribution in [2.45, 2.75) is 155 Å². The Morgan fingerprint density at radius 3 is 1.38 bits per heavy atom. The van der Waals surface area contributed by atoms with Crippen LogP contribution in [0.25, 0.3) is 52.8 Å². The molecule has 2 aromatic heterocycles. The van der Waals surface area contributed by atoms with Gasteiger partial charge in [-0.05, 0) is 18.6 Å². The number of unbranched alkanes of at least 4 members (excludes halogenated alkanes) is 21. The van der Waals surface area contributed by atoms with Crippen LogP contribution in [0.2, 0.25) is 0 Å². The number of benzene rings is 4. The predicted octanol–water partition coefficient (Wildman–Crippen LogP) is 15.9. The van der Waals surface area contributed by atoms with Crippen LogP contribution in [-0.4, -0.2) is 4.57 Å². The molecule has 6 rings (SSSR count). The summed E-state index contributed by atoms with van der Waals surface area (Å²) in [7, 11) is 0. The maximum Gasteiger partial charge on any atom is 0.0571 e. The van der Waals surface area contributed by atoms with Crippen molar-refractivity contribution in [2.75, 3.05) is 0 Å². The molecule has 6 aromatic rings. The van der Waals surface area contributed by atoms with Gasteiger partial charge in [-0.1, -0.05) is 202 Å². The Morgan fingerprint density at radius 1 is 0.396 bits per heavy atom. The summed E-state index contributed by atoms with van der Waals surface area (Å²) in [5, 5.41) is 8.38. The highest BCUT2D eigenvalue weighted by atomic mass is 32.1. The van der Waals surface area contributed by atoms with Crippen molar-refractivity contribution in [2.24, 2.45) is 0 Å². The highest BCUT2D eigenvalue weighted by molar-refractivity contribution is 7.26. The van der Waals surface area contributed by atoms with Crippen LogP contribution >= 0.6 is 11.3 Å². The minimum atomic E-state index is 1.10. The average molecular weight is 660 g/mol. The van der Waals surface area contributed by atoms with Gasteiger partial charge in [-0.2, -0.15) is 0 Å². The molecule has 0 unspecified atom stereocenters. The molecule has 0 aliphatic carbocycles. The molecule has 2 heterocycles. The van der Waals surface area contributed by atoms with Crippen molar-refractivity contribution in [3.8, 4) is 0 Å². The SMILES string of the molecule is CCCCCCCCCCCCCCCCCCCCCCCCn1c2ccccc2c2ccc3c(ccc4c5ccccc5sc43)c21. The number of nitrogens with zero attached hydrogens (tertiary/aromatic N) is 1. The van der Waals surface area contributed by atoms with E-state index in [1.807, 2.05) is 11.3 Å². The first-order valence-electron chi connectivity index (χ1n) is 20.1. The zero-order chi connectivity index (χ0) is 32.8. The van der Waals surface area contributed by atoms with Gasteiger partial charge < -0.3 is 4.57 Å². The Hall–Kier alpha value is -2.84. The summed E-state index contributed by atoms with van der Waals surface area (Å²) in [6.45, 7) is 3.41. The monoisotopic (exact) mass is 659 g/mol. The van der Waals surface area contributed by atoms with E-state index in [1.54, 1.807) is 0 Å². The van der Waals surface area contributed by atoms with Gasteiger partial charge in [0.1, 0.15) is 0 Å². The second-order valence-electron chi connectivity index (χ2n) is 14.7. The molecule has 0 fully saturated rings. The molecule has 0 spiro atoms. The number of aryl methyl sites for hydroxylation is 1. The van der Waals surface area contributed by atoms with E-state index < -0.39 is 0 Å². The van der Waals surface area contributed by atoms with Gasteiger partial charge >= 0.3 is 0 Å². The van der Waals surface area contributed by atoms with E-state index in [0.29, 0.717) is 0 Å². The molecule has 1 nitrogen and oxygen atoms in total. The van der Waals surface area contributed by atoms with Crippen LogP contribution < -0.4 is 0 Å². The van der Waals surface area contributed by atoms with Crippen LogP contribution in [0.1, 0.15) is 148 Å². The van der Waals surface area contributed by atoms with E-state index in [4.69, 9.17) is 0 Å². The van der Waals surface area contributed by atoms with E-state index in [0.717, 1.165) is 6.54 Å². The van der Waals surface area contributed by atoms with Crippen LogP contribution in [0.15, 0.2) is 72.8 Å². The summed E-state index contributed by atoms with van der Waals surface area (Å²) in [6, 6.07) is 27.5. The molecule has 256 valence electrons. The van der Waals surface area contributed by atoms with E-state index >= 15 is 0 Å². The second kappa shape index (κ2) is 18.8. The lowest BCUT2D eigenvalue weighted by Crippen LogP contribution is -1.98. The summed E-state index contributed by atoms with van der Waals surface area (Å²) < 4.78 is 5.45. The normalized spacial score (nSPS) is 12.1. The topological polar surface area (TPSA) is 4.93 Å². The lowest BCUT2D eigenvalue weighted by Gasteiger charge is -2.10. The fourth-order valence-corrected chi connectivity index (χ4v) is 9.48. The summed E-state index contributed by atoms with van der Waals surface area (Å²) in [5.74, 6) is 0. The standard InChI is InChI=1S/C46H61NS/c1-2-3-4-5-6-7-8-9-10-11-12-13-14-15-16-17-18-19-20-21-22-27-36-47-43-30-25-23-28-37(43)39-32-35-42-40(45(39)47)33-34-41-38-29-24-26-31-44(38)48-46(41)42/h23-26,28-35H,2-22,27,36H2,1H3. The smallest absolute Gasteiger partial charge is 0.0571 e. The van der Waals surface area contributed by atoms with Crippen LogP contribution in [0.5, 0.6) is 0 Å². The molecule has 0 amide bonds. The molecule has 0 saturated carbocycles. The van der Waals surface area contributed by atoms with Gasteiger partial charge in [0.25, 0.3) is 0 Å². The quantitative estimate of drug-likeness (QED) is 0.0603. The second-order valence-corrected chi connectivity index (χ2v) is 15.7. The van der Waals surface area contributed by atoms with Crippen LogP contribution in [0.3, 0.4) is 0 Å². The van der Waals surface area contributed by atoms with Gasteiger partial charge in [0.2, 0.25) is 0 Å². The molecule has 48 heavy (non-hydrogen) atoms. The van der Waals surface area contributed by atoms with Crippen LogP contribution in [-0.2, 0) is 6.54 Å². The number of aromatic nitrogens is 1. The largest absolute Gasteiger partial charge is 0.340 e. The number of thiophene rings is 1. The van der Waals surface area contributed by atoms with E-state index in [1.165, 1.54) is 194 Å². The summed E-state index contributed by atoms with van der Waals surface area (Å²) in [4.78, 5) is 0. The van der Waals surface area contributed by atoms with Gasteiger partial charge in [-0.15, -0.1) is 11.3 Å². The van der Waals surface area contributed by atoms with Crippen LogP contribution in [0.4, 0.5) is 0 Å². The number of fused-ring (bicyclic) bond motifs is 9. The van der Waals surface area contributed by atoms with Gasteiger partial charge in [-0.25, -0.2) is 0 Å². The Balaban J connectivity index is 0.884. The highest BCUT2D eigenvalue weighted by Crippen LogP contribution is 2.42. The molecular formula is C46H61NS. The fourth-order valence-electron chi connectivity index (χ4n) is 8.25. The minimum Gasteiger partial charge on any atom is -0.340 e. The molecule has 0 radical (unpaired) electrons. The van der Waals surface area contributed by atoms with Crippen LogP contribution in [0, 0.1) is 0 Å². The molecule has 0 saturated heterocycles. The maximum absolute atomic E-state index is 2.64. The molecule has 0 atom stereocenters. The summed E-state index contributed by atoms with van der Waals surface area (Å²) in [5.41, 5.74) is 2.82. The van der Waals surface area contributed by atoms with Crippen molar-refractivity contribution in [1.82, 2.24) is 4.57 Å². The molecule has 0 aliphatic rings. The average Bonchev–Trinajstić information content (AvgIpc) is 3.66. The number of para-hydroxylation sites is 1. The third kappa shape index (κ3) is 8.84. The lowest BCUT2D eigenvalue weighted by molar-refractivity contribution is 0.516. The van der Waals surface area contributed by atoms with Gasteiger partial charge in [-0.3, -0.25) is 0 Å². The molecular weight excluding hydrogens is 599 g/mol. The van der Waals surface area contributed by atoms with Gasteiger partial charge in [0.05, 0.1) is 5.52 Å². The third-order valence-electron chi connectivity index (χ3n) is 11.0. The third-order valence-corrected chi connectivity index (χ3v) is 12.2. The fraction of sp³-hybridized carbons (Fsp3) is 0.522. The van der Waals surface area contributed by atoms with E-state index in [2.05, 4.69) is 84.3 Å².